The number of halogens is 2. The Hall–Kier alpha value is -1.32. The van der Waals surface area contributed by atoms with Crippen molar-refractivity contribution in [3.63, 3.8) is 0 Å². The van der Waals surface area contributed by atoms with Gasteiger partial charge in [0, 0.05) is 15.1 Å². The lowest BCUT2D eigenvalue weighted by molar-refractivity contribution is 0.620. The third-order valence-corrected chi connectivity index (χ3v) is 3.19. The van der Waals surface area contributed by atoms with Gasteiger partial charge in [-0.3, -0.25) is 0 Å². The van der Waals surface area contributed by atoms with Crippen molar-refractivity contribution in [2.45, 2.75) is 0 Å². The quantitative estimate of drug-likeness (QED) is 0.638. The van der Waals surface area contributed by atoms with Crippen LogP contribution < -0.4 is 0 Å². The zero-order chi connectivity index (χ0) is 11.8. The van der Waals surface area contributed by atoms with Gasteiger partial charge in [0.15, 0.2) is 5.58 Å². The summed E-state index contributed by atoms with van der Waals surface area (Å²) in [5, 5.41) is 0.701. The van der Waals surface area contributed by atoms with Crippen molar-refractivity contribution in [3.8, 4) is 11.5 Å². The Morgan fingerprint density at radius 2 is 1.82 bits per heavy atom. The molecule has 0 radical (unpaired) electrons. The van der Waals surface area contributed by atoms with E-state index in [4.69, 9.17) is 16.0 Å². The van der Waals surface area contributed by atoms with Gasteiger partial charge in [-0.05, 0) is 42.5 Å². The average molecular weight is 309 g/mol. The molecule has 2 aromatic carbocycles. The third kappa shape index (κ3) is 2.08. The summed E-state index contributed by atoms with van der Waals surface area (Å²) in [7, 11) is 0. The molecule has 2 nitrogen and oxygen atoms in total. The van der Waals surface area contributed by atoms with Crippen molar-refractivity contribution >= 4 is 38.6 Å². The van der Waals surface area contributed by atoms with E-state index in [2.05, 4.69) is 20.9 Å². The second-order valence-electron chi connectivity index (χ2n) is 3.64. The minimum absolute atomic E-state index is 0.606. The second kappa shape index (κ2) is 4.17. The van der Waals surface area contributed by atoms with E-state index >= 15 is 0 Å². The Morgan fingerprint density at radius 3 is 2.59 bits per heavy atom. The Kier molecular flexibility index (Phi) is 2.65. The molecule has 0 saturated heterocycles. The maximum absolute atomic E-state index is 5.84. The number of hydrogen-bond donors (Lipinski definition) is 0. The number of oxazole rings is 1. The topological polar surface area (TPSA) is 26.0 Å². The first kappa shape index (κ1) is 10.8. The highest BCUT2D eigenvalue weighted by Crippen LogP contribution is 2.26. The Bertz CT molecular complexity index is 675. The lowest BCUT2D eigenvalue weighted by Gasteiger charge is -1.94. The molecule has 0 saturated carbocycles. The molecule has 0 amide bonds. The molecule has 0 spiro atoms. The van der Waals surface area contributed by atoms with E-state index in [1.165, 1.54) is 0 Å². The molecule has 1 heterocycles. The number of fused-ring (bicyclic) bond motifs is 1. The summed E-state index contributed by atoms with van der Waals surface area (Å²) >= 11 is 9.25. The summed E-state index contributed by atoms with van der Waals surface area (Å²) in [4.78, 5) is 4.43. The van der Waals surface area contributed by atoms with Crippen LogP contribution in [0, 0.1) is 0 Å². The van der Waals surface area contributed by atoms with Crippen molar-refractivity contribution < 1.29 is 4.42 Å². The van der Waals surface area contributed by atoms with E-state index in [0.717, 1.165) is 21.1 Å². The molecule has 0 atom stereocenters. The second-order valence-corrected chi connectivity index (χ2v) is 4.99. The van der Waals surface area contributed by atoms with Gasteiger partial charge in [0.1, 0.15) is 5.52 Å². The van der Waals surface area contributed by atoms with Crippen LogP contribution in [0.4, 0.5) is 0 Å². The van der Waals surface area contributed by atoms with Gasteiger partial charge < -0.3 is 4.42 Å². The van der Waals surface area contributed by atoms with Crippen molar-refractivity contribution in [1.29, 1.82) is 0 Å². The molecule has 17 heavy (non-hydrogen) atoms. The molecule has 84 valence electrons. The van der Waals surface area contributed by atoms with Gasteiger partial charge >= 0.3 is 0 Å². The minimum atomic E-state index is 0.606. The summed E-state index contributed by atoms with van der Waals surface area (Å²) in [5.74, 6) is 0.606. The Morgan fingerprint density at radius 1 is 1.06 bits per heavy atom. The molecule has 3 aromatic rings. The first-order chi connectivity index (χ1) is 8.22. The Labute approximate surface area is 111 Å². The van der Waals surface area contributed by atoms with Gasteiger partial charge in [0.05, 0.1) is 0 Å². The molecule has 3 rings (SSSR count). The fourth-order valence-corrected chi connectivity index (χ4v) is 2.09. The minimum Gasteiger partial charge on any atom is -0.436 e. The molecule has 0 aliphatic carbocycles. The van der Waals surface area contributed by atoms with Crippen LogP contribution in [0.2, 0.25) is 5.02 Å². The number of rotatable bonds is 1. The summed E-state index contributed by atoms with van der Waals surface area (Å²) < 4.78 is 6.66. The van der Waals surface area contributed by atoms with Crippen molar-refractivity contribution in [1.82, 2.24) is 4.98 Å². The lowest BCUT2D eigenvalue weighted by atomic mass is 10.2. The van der Waals surface area contributed by atoms with Crippen LogP contribution >= 0.6 is 27.5 Å². The molecule has 0 fully saturated rings. The molecule has 0 aliphatic heterocycles. The SMILES string of the molecule is Clc1ccc(-c2nc3cc(Br)ccc3o2)cc1. The summed E-state index contributed by atoms with van der Waals surface area (Å²) in [6.45, 7) is 0. The van der Waals surface area contributed by atoms with E-state index < -0.39 is 0 Å². The third-order valence-electron chi connectivity index (χ3n) is 2.44. The van der Waals surface area contributed by atoms with Gasteiger partial charge in [-0.15, -0.1) is 0 Å². The Balaban J connectivity index is 2.14. The molecule has 0 bridgehead atoms. The predicted molar refractivity (Wildman–Crippen MR) is 72.2 cm³/mol. The molecule has 0 N–H and O–H groups in total. The zero-order valence-corrected chi connectivity index (χ0v) is 11.0. The van der Waals surface area contributed by atoms with Crippen LogP contribution in [0.25, 0.3) is 22.6 Å². The van der Waals surface area contributed by atoms with Crippen LogP contribution in [0.3, 0.4) is 0 Å². The molecule has 1 aromatic heterocycles. The summed E-state index contributed by atoms with van der Waals surface area (Å²) in [5.41, 5.74) is 2.53. The number of nitrogens with zero attached hydrogens (tertiary/aromatic N) is 1. The molecular formula is C13H7BrClNO. The predicted octanol–water partition coefficient (Wildman–Crippen LogP) is 4.91. The van der Waals surface area contributed by atoms with Crippen molar-refractivity contribution in [3.05, 3.63) is 52.0 Å². The fourth-order valence-electron chi connectivity index (χ4n) is 1.62. The van der Waals surface area contributed by atoms with Crippen molar-refractivity contribution in [2.24, 2.45) is 0 Å². The molecular weight excluding hydrogens is 302 g/mol. The average Bonchev–Trinajstić information content (AvgIpc) is 2.72. The molecule has 4 heteroatoms. The molecule has 0 aliphatic rings. The van der Waals surface area contributed by atoms with Crippen molar-refractivity contribution in [2.75, 3.05) is 0 Å². The van der Waals surface area contributed by atoms with E-state index in [9.17, 15) is 0 Å². The summed E-state index contributed by atoms with van der Waals surface area (Å²) in [6, 6.07) is 13.2. The molecule has 0 unspecified atom stereocenters. The normalized spacial score (nSPS) is 10.9. The first-order valence-corrected chi connectivity index (χ1v) is 6.21. The lowest BCUT2D eigenvalue weighted by Crippen LogP contribution is -1.75. The van der Waals surface area contributed by atoms with Crippen LogP contribution in [0.5, 0.6) is 0 Å². The van der Waals surface area contributed by atoms with Gasteiger partial charge in [-0.25, -0.2) is 4.98 Å². The first-order valence-electron chi connectivity index (χ1n) is 5.04. The van der Waals surface area contributed by atoms with E-state index in [1.807, 2.05) is 42.5 Å². The van der Waals surface area contributed by atoms with Crippen LogP contribution in [0.15, 0.2) is 51.4 Å². The maximum atomic E-state index is 5.84. The van der Waals surface area contributed by atoms with E-state index in [-0.39, 0.29) is 0 Å². The fraction of sp³-hybridized carbons (Fsp3) is 0. The summed E-state index contributed by atoms with van der Waals surface area (Å²) in [6.07, 6.45) is 0. The van der Waals surface area contributed by atoms with Crippen LogP contribution in [-0.4, -0.2) is 4.98 Å². The highest BCUT2D eigenvalue weighted by molar-refractivity contribution is 9.10. The smallest absolute Gasteiger partial charge is 0.227 e. The largest absolute Gasteiger partial charge is 0.436 e. The van der Waals surface area contributed by atoms with Gasteiger partial charge in [0.25, 0.3) is 0 Å². The highest BCUT2D eigenvalue weighted by Gasteiger charge is 2.07. The number of hydrogen-bond acceptors (Lipinski definition) is 2. The zero-order valence-electron chi connectivity index (χ0n) is 8.65. The van der Waals surface area contributed by atoms with E-state index in [1.54, 1.807) is 0 Å². The van der Waals surface area contributed by atoms with Gasteiger partial charge in [-0.2, -0.15) is 0 Å². The van der Waals surface area contributed by atoms with E-state index in [0.29, 0.717) is 10.9 Å². The van der Waals surface area contributed by atoms with Crippen LogP contribution in [0.1, 0.15) is 0 Å². The number of aromatic nitrogens is 1. The van der Waals surface area contributed by atoms with Gasteiger partial charge in [0.2, 0.25) is 5.89 Å². The van der Waals surface area contributed by atoms with Gasteiger partial charge in [-0.1, -0.05) is 27.5 Å². The maximum Gasteiger partial charge on any atom is 0.227 e. The standard InChI is InChI=1S/C13H7BrClNO/c14-9-3-6-12-11(7-9)16-13(17-12)8-1-4-10(15)5-2-8/h1-7H. The van der Waals surface area contributed by atoms with Crippen LogP contribution in [-0.2, 0) is 0 Å². The number of benzene rings is 2. The highest BCUT2D eigenvalue weighted by atomic mass is 79.9. The monoisotopic (exact) mass is 307 g/mol.